The Hall–Kier alpha value is 0.573. The Kier molecular flexibility index (Phi) is 14.5. The Morgan fingerprint density at radius 2 is 1.79 bits per heavy atom. The number of halogens is 1. The molecule has 0 aliphatic rings. The van der Waals surface area contributed by atoms with Crippen molar-refractivity contribution >= 4 is 23.0 Å². The average Bonchev–Trinajstić information content (AvgIpc) is 1.84. The summed E-state index contributed by atoms with van der Waals surface area (Å²) in [5.74, 6) is -0.101. The first kappa shape index (κ1) is 20.0. The first-order valence-electron chi connectivity index (χ1n) is 4.47. The van der Waals surface area contributed by atoms with E-state index in [-0.39, 0.29) is 48.0 Å². The molecule has 0 aromatic heterocycles. The second-order valence-corrected chi connectivity index (χ2v) is 3.90. The SMILES string of the molecule is Br.[CH2-]CCCCC(=O)OC(C)(C)C.[Zn]. The smallest absolute Gasteiger partial charge is 0.306 e. The summed E-state index contributed by atoms with van der Waals surface area (Å²) < 4.78 is 5.12. The van der Waals surface area contributed by atoms with Gasteiger partial charge >= 0.3 is 5.97 Å². The topological polar surface area (TPSA) is 26.3 Å². The quantitative estimate of drug-likeness (QED) is 0.344. The van der Waals surface area contributed by atoms with Crippen LogP contribution in [-0.4, -0.2) is 11.6 Å². The van der Waals surface area contributed by atoms with Crippen LogP contribution in [0.25, 0.3) is 0 Å². The van der Waals surface area contributed by atoms with E-state index in [1.807, 2.05) is 20.8 Å². The molecule has 0 heterocycles. The van der Waals surface area contributed by atoms with Crippen molar-refractivity contribution in [1.29, 1.82) is 0 Å². The van der Waals surface area contributed by atoms with E-state index in [4.69, 9.17) is 4.74 Å². The maximum Gasteiger partial charge on any atom is 0.306 e. The molecule has 0 aliphatic heterocycles. The molecule has 0 amide bonds. The second-order valence-electron chi connectivity index (χ2n) is 3.90. The van der Waals surface area contributed by atoms with Crippen LogP contribution in [0.2, 0.25) is 0 Å². The number of hydrogen-bond acceptors (Lipinski definition) is 2. The summed E-state index contributed by atoms with van der Waals surface area (Å²) in [6, 6.07) is 0. The molecular formula is C10H20BrO2Zn-. The van der Waals surface area contributed by atoms with Crippen LogP contribution in [0.4, 0.5) is 0 Å². The van der Waals surface area contributed by atoms with Crippen LogP contribution < -0.4 is 0 Å². The molecular weight excluding hydrogens is 297 g/mol. The van der Waals surface area contributed by atoms with E-state index in [9.17, 15) is 4.79 Å². The molecule has 0 atom stereocenters. The molecule has 0 aromatic carbocycles. The minimum absolute atomic E-state index is 0. The summed E-state index contributed by atoms with van der Waals surface area (Å²) in [5.41, 5.74) is -0.346. The normalized spacial score (nSPS) is 9.71. The van der Waals surface area contributed by atoms with E-state index >= 15 is 0 Å². The third kappa shape index (κ3) is 15.1. The Morgan fingerprint density at radius 1 is 1.29 bits per heavy atom. The average molecular weight is 318 g/mol. The predicted octanol–water partition coefficient (Wildman–Crippen LogP) is 3.30. The summed E-state index contributed by atoms with van der Waals surface area (Å²) in [7, 11) is 0. The molecule has 0 saturated carbocycles. The standard InChI is InChI=1S/C10H19O2.BrH.Zn/c1-5-6-7-8-9(11)12-10(2,3)4;;/h1,5-8H2,2-4H3;1H;/q-1;;. The van der Waals surface area contributed by atoms with Crippen LogP contribution in [-0.2, 0) is 29.0 Å². The van der Waals surface area contributed by atoms with Crippen LogP contribution in [0.15, 0.2) is 0 Å². The third-order valence-corrected chi connectivity index (χ3v) is 1.30. The molecule has 0 N–H and O–H groups in total. The number of esters is 1. The van der Waals surface area contributed by atoms with Crippen LogP contribution >= 0.6 is 17.0 Å². The summed E-state index contributed by atoms with van der Waals surface area (Å²) >= 11 is 0. The zero-order valence-electron chi connectivity index (χ0n) is 9.47. The zero-order chi connectivity index (χ0) is 9.61. The Morgan fingerprint density at radius 3 is 2.14 bits per heavy atom. The van der Waals surface area contributed by atoms with Gasteiger partial charge in [0.25, 0.3) is 0 Å². The van der Waals surface area contributed by atoms with Crippen molar-refractivity contribution < 1.29 is 29.0 Å². The van der Waals surface area contributed by atoms with Gasteiger partial charge < -0.3 is 11.7 Å². The van der Waals surface area contributed by atoms with Gasteiger partial charge in [0.2, 0.25) is 0 Å². The molecule has 82 valence electrons. The van der Waals surface area contributed by atoms with Crippen molar-refractivity contribution in [3.8, 4) is 0 Å². The van der Waals surface area contributed by atoms with Crippen molar-refractivity contribution in [2.45, 2.75) is 52.1 Å². The zero-order valence-corrected chi connectivity index (χ0v) is 14.1. The monoisotopic (exact) mass is 315 g/mol. The fraction of sp³-hybridized carbons (Fsp3) is 0.800. The van der Waals surface area contributed by atoms with Gasteiger partial charge in [-0.25, -0.2) is 0 Å². The molecule has 14 heavy (non-hydrogen) atoms. The van der Waals surface area contributed by atoms with Crippen LogP contribution in [0.5, 0.6) is 0 Å². The van der Waals surface area contributed by atoms with E-state index in [1.165, 1.54) is 0 Å². The van der Waals surface area contributed by atoms with E-state index in [2.05, 4.69) is 6.92 Å². The fourth-order valence-corrected chi connectivity index (χ4v) is 0.839. The number of carbonyl (C=O) groups is 1. The van der Waals surface area contributed by atoms with Gasteiger partial charge in [0.05, 0.1) is 0 Å². The van der Waals surface area contributed by atoms with E-state index in [0.29, 0.717) is 6.42 Å². The summed E-state index contributed by atoms with van der Waals surface area (Å²) in [5, 5.41) is 0. The van der Waals surface area contributed by atoms with Gasteiger partial charge in [-0.05, 0) is 27.2 Å². The minimum atomic E-state index is -0.346. The van der Waals surface area contributed by atoms with Gasteiger partial charge in [-0.3, -0.25) is 4.79 Å². The van der Waals surface area contributed by atoms with E-state index < -0.39 is 0 Å². The molecule has 0 spiro atoms. The molecule has 0 unspecified atom stereocenters. The Balaban J connectivity index is -0.000000605. The van der Waals surface area contributed by atoms with Gasteiger partial charge in [0.15, 0.2) is 0 Å². The summed E-state index contributed by atoms with van der Waals surface area (Å²) in [6.45, 7) is 9.35. The Bertz CT molecular complexity index is 144. The largest absolute Gasteiger partial charge is 0.460 e. The van der Waals surface area contributed by atoms with Crippen molar-refractivity contribution in [2.24, 2.45) is 0 Å². The maximum absolute atomic E-state index is 11.1. The maximum atomic E-state index is 11.1. The molecule has 2 nitrogen and oxygen atoms in total. The number of unbranched alkanes of at least 4 members (excludes halogenated alkanes) is 2. The minimum Gasteiger partial charge on any atom is -0.460 e. The van der Waals surface area contributed by atoms with Gasteiger partial charge in [-0.15, -0.1) is 17.0 Å². The first-order chi connectivity index (χ1) is 5.45. The van der Waals surface area contributed by atoms with E-state index in [0.717, 1.165) is 19.3 Å². The van der Waals surface area contributed by atoms with Gasteiger partial charge in [-0.2, -0.15) is 6.42 Å². The molecule has 0 radical (unpaired) electrons. The van der Waals surface area contributed by atoms with Crippen molar-refractivity contribution in [3.63, 3.8) is 0 Å². The summed E-state index contributed by atoms with van der Waals surface area (Å²) in [6.07, 6.45) is 3.30. The molecule has 0 aliphatic carbocycles. The summed E-state index contributed by atoms with van der Waals surface area (Å²) in [4.78, 5) is 11.1. The number of ether oxygens (including phenoxy) is 1. The third-order valence-electron chi connectivity index (χ3n) is 1.30. The van der Waals surface area contributed by atoms with Gasteiger partial charge in [0.1, 0.15) is 5.60 Å². The molecule has 0 aromatic rings. The number of hydrogen-bond donors (Lipinski definition) is 0. The predicted molar refractivity (Wildman–Crippen MR) is 60.0 cm³/mol. The molecule has 0 fully saturated rings. The van der Waals surface area contributed by atoms with Crippen LogP contribution in [0.1, 0.15) is 46.5 Å². The van der Waals surface area contributed by atoms with Crippen molar-refractivity contribution in [2.75, 3.05) is 0 Å². The van der Waals surface area contributed by atoms with Crippen LogP contribution in [0, 0.1) is 6.92 Å². The molecule has 0 saturated heterocycles. The molecule has 4 heteroatoms. The second kappa shape index (κ2) is 10.1. The van der Waals surface area contributed by atoms with Gasteiger partial charge in [0, 0.05) is 25.9 Å². The van der Waals surface area contributed by atoms with E-state index in [1.54, 1.807) is 0 Å². The number of carbonyl (C=O) groups excluding carboxylic acids is 1. The Labute approximate surface area is 111 Å². The van der Waals surface area contributed by atoms with Crippen LogP contribution in [0.3, 0.4) is 0 Å². The van der Waals surface area contributed by atoms with Crippen molar-refractivity contribution in [3.05, 3.63) is 6.92 Å². The number of rotatable bonds is 4. The van der Waals surface area contributed by atoms with Gasteiger partial charge in [-0.1, -0.05) is 6.42 Å². The molecule has 0 bridgehead atoms. The molecule has 0 rings (SSSR count). The fourth-order valence-electron chi connectivity index (χ4n) is 0.839. The first-order valence-corrected chi connectivity index (χ1v) is 4.47. The van der Waals surface area contributed by atoms with Crippen molar-refractivity contribution in [1.82, 2.24) is 0 Å².